The van der Waals surface area contributed by atoms with Gasteiger partial charge in [0.15, 0.2) is 5.69 Å². The molecule has 3 aromatic rings. The maximum absolute atomic E-state index is 13.9. The summed E-state index contributed by atoms with van der Waals surface area (Å²) in [7, 11) is 0. The van der Waals surface area contributed by atoms with Gasteiger partial charge in [0.05, 0.1) is 13.1 Å². The van der Waals surface area contributed by atoms with E-state index in [2.05, 4.69) is 10.3 Å². The van der Waals surface area contributed by atoms with E-state index >= 15 is 0 Å². The van der Waals surface area contributed by atoms with Gasteiger partial charge in [0.25, 0.3) is 11.8 Å². The van der Waals surface area contributed by atoms with Gasteiger partial charge in [-0.2, -0.15) is 5.10 Å². The van der Waals surface area contributed by atoms with Crippen molar-refractivity contribution in [2.75, 3.05) is 11.9 Å². The van der Waals surface area contributed by atoms with Crippen molar-refractivity contribution >= 4 is 17.5 Å². The van der Waals surface area contributed by atoms with Crippen LogP contribution in [0.5, 0.6) is 0 Å². The standard InChI is InChI=1S/C29H30FN5O2/c1-18-6-4-7-23(14-18)32-28(36)26-24-17-34(29(37)25-8-5-11-31-25)15-20(3)27(24)35(33-26)16-21-9-10-22(30)13-19(2)12-21/h4-14,19-20,31H,15-17H2,1-3H3,(H,32,36)/t19?,20-/m1/s1. The summed E-state index contributed by atoms with van der Waals surface area (Å²) in [6.07, 6.45) is 8.49. The highest BCUT2D eigenvalue weighted by Gasteiger charge is 2.34. The average molecular weight is 500 g/mol. The van der Waals surface area contributed by atoms with Crippen molar-refractivity contribution in [2.45, 2.75) is 39.8 Å². The third-order valence-electron chi connectivity index (χ3n) is 6.70. The number of benzene rings is 1. The Morgan fingerprint density at radius 2 is 2.00 bits per heavy atom. The minimum absolute atomic E-state index is 0.0571. The Morgan fingerprint density at radius 3 is 2.76 bits per heavy atom. The summed E-state index contributed by atoms with van der Waals surface area (Å²) < 4.78 is 15.8. The maximum atomic E-state index is 13.9. The zero-order valence-electron chi connectivity index (χ0n) is 21.2. The molecule has 5 rings (SSSR count). The Bertz CT molecular complexity index is 1430. The number of nitrogens with zero attached hydrogens (tertiary/aromatic N) is 3. The van der Waals surface area contributed by atoms with Crippen molar-refractivity contribution in [2.24, 2.45) is 5.92 Å². The molecule has 0 fully saturated rings. The van der Waals surface area contributed by atoms with E-state index in [1.54, 1.807) is 35.4 Å². The number of carbonyl (C=O) groups is 2. The van der Waals surface area contributed by atoms with E-state index in [0.29, 0.717) is 30.2 Å². The molecule has 8 heteroatoms. The van der Waals surface area contributed by atoms with Gasteiger partial charge in [0, 0.05) is 35.6 Å². The van der Waals surface area contributed by atoms with Crippen LogP contribution in [0, 0.1) is 12.8 Å². The summed E-state index contributed by atoms with van der Waals surface area (Å²) in [5.41, 5.74) is 5.08. The summed E-state index contributed by atoms with van der Waals surface area (Å²) >= 11 is 0. The minimum Gasteiger partial charge on any atom is -0.357 e. The molecule has 190 valence electrons. The molecule has 1 aliphatic heterocycles. The molecule has 2 amide bonds. The van der Waals surface area contributed by atoms with Crippen molar-refractivity contribution < 1.29 is 14.0 Å². The molecule has 1 aliphatic carbocycles. The number of hydrogen-bond acceptors (Lipinski definition) is 3. The Balaban J connectivity index is 1.52. The number of aryl methyl sites for hydroxylation is 1. The third-order valence-corrected chi connectivity index (χ3v) is 6.70. The van der Waals surface area contributed by atoms with Gasteiger partial charge < -0.3 is 15.2 Å². The quantitative estimate of drug-likeness (QED) is 0.485. The molecule has 0 radical (unpaired) electrons. The molecule has 7 nitrogen and oxygen atoms in total. The molecule has 2 atom stereocenters. The fraction of sp³-hybridized carbons (Fsp3) is 0.276. The van der Waals surface area contributed by atoms with Crippen LogP contribution >= 0.6 is 0 Å². The minimum atomic E-state index is -0.326. The monoisotopic (exact) mass is 499 g/mol. The van der Waals surface area contributed by atoms with Crippen molar-refractivity contribution in [3.63, 3.8) is 0 Å². The lowest BCUT2D eigenvalue weighted by Gasteiger charge is -2.32. The molecule has 2 N–H and O–H groups in total. The normalized spacial score (nSPS) is 19.1. The second-order valence-corrected chi connectivity index (χ2v) is 9.85. The topological polar surface area (TPSA) is 83.0 Å². The highest BCUT2D eigenvalue weighted by molar-refractivity contribution is 6.04. The second-order valence-electron chi connectivity index (χ2n) is 9.85. The van der Waals surface area contributed by atoms with Gasteiger partial charge in [-0.1, -0.05) is 38.1 Å². The Kier molecular flexibility index (Phi) is 6.65. The lowest BCUT2D eigenvalue weighted by Crippen LogP contribution is -2.38. The summed E-state index contributed by atoms with van der Waals surface area (Å²) in [6.45, 7) is 7.10. The Morgan fingerprint density at radius 1 is 1.16 bits per heavy atom. The first-order valence-corrected chi connectivity index (χ1v) is 12.4. The lowest BCUT2D eigenvalue weighted by molar-refractivity contribution is 0.0711. The van der Waals surface area contributed by atoms with Gasteiger partial charge in [0.2, 0.25) is 0 Å². The number of aromatic nitrogens is 3. The molecule has 1 unspecified atom stereocenters. The van der Waals surface area contributed by atoms with E-state index in [1.165, 1.54) is 6.08 Å². The number of nitrogens with one attached hydrogen (secondary N) is 2. The molecule has 1 aromatic carbocycles. The van der Waals surface area contributed by atoms with Crippen molar-refractivity contribution in [3.8, 4) is 0 Å². The number of amides is 2. The number of rotatable bonds is 5. The number of hydrogen-bond donors (Lipinski definition) is 2. The fourth-order valence-electron chi connectivity index (χ4n) is 5.11. The lowest BCUT2D eigenvalue weighted by atomic mass is 9.95. The highest BCUT2D eigenvalue weighted by atomic mass is 19.1. The molecule has 2 aliphatic rings. The molecular weight excluding hydrogens is 469 g/mol. The maximum Gasteiger partial charge on any atom is 0.276 e. The van der Waals surface area contributed by atoms with E-state index in [-0.39, 0.29) is 36.0 Å². The van der Waals surface area contributed by atoms with Crippen molar-refractivity contribution in [1.82, 2.24) is 19.7 Å². The van der Waals surface area contributed by atoms with Crippen LogP contribution in [0.25, 0.3) is 0 Å². The smallest absolute Gasteiger partial charge is 0.276 e. The number of allylic oxidation sites excluding steroid dienone is 6. The summed E-state index contributed by atoms with van der Waals surface area (Å²) in [6, 6.07) is 11.1. The fourth-order valence-corrected chi connectivity index (χ4v) is 5.11. The molecule has 0 saturated heterocycles. The van der Waals surface area contributed by atoms with E-state index in [9.17, 15) is 14.0 Å². The SMILES string of the molecule is Cc1cccc(NC(=O)c2nn(CC3=CC(C)C=C(F)C=C3)c3c2CN(C(=O)c2ccc[nH]2)C[C@H]3C)c1. The molecule has 0 saturated carbocycles. The molecular formula is C29H30FN5O2. The van der Waals surface area contributed by atoms with E-state index in [1.807, 2.05) is 55.8 Å². The van der Waals surface area contributed by atoms with Gasteiger partial charge in [-0.15, -0.1) is 0 Å². The number of H-pyrrole nitrogens is 1. The summed E-state index contributed by atoms with van der Waals surface area (Å²) in [4.78, 5) is 31.4. The Labute approximate surface area is 215 Å². The zero-order chi connectivity index (χ0) is 26.1. The largest absolute Gasteiger partial charge is 0.357 e. The van der Waals surface area contributed by atoms with Gasteiger partial charge in [-0.3, -0.25) is 14.3 Å². The van der Waals surface area contributed by atoms with E-state index < -0.39 is 0 Å². The van der Waals surface area contributed by atoms with Crippen LogP contribution in [0.3, 0.4) is 0 Å². The van der Waals surface area contributed by atoms with Gasteiger partial charge in [-0.25, -0.2) is 4.39 Å². The molecule has 0 bridgehead atoms. The number of fused-ring (bicyclic) bond motifs is 1. The summed E-state index contributed by atoms with van der Waals surface area (Å²) in [5.74, 6) is -0.838. The highest BCUT2D eigenvalue weighted by Crippen LogP contribution is 2.33. The number of carbonyl (C=O) groups excluding carboxylic acids is 2. The second kappa shape index (κ2) is 10.0. The average Bonchev–Trinajstić information content (AvgIpc) is 3.47. The molecule has 3 heterocycles. The number of aromatic amines is 1. The van der Waals surface area contributed by atoms with Crippen LogP contribution in [0.2, 0.25) is 0 Å². The van der Waals surface area contributed by atoms with Gasteiger partial charge in [0.1, 0.15) is 11.5 Å². The first-order valence-electron chi connectivity index (χ1n) is 12.4. The van der Waals surface area contributed by atoms with Crippen LogP contribution in [0.4, 0.5) is 10.1 Å². The van der Waals surface area contributed by atoms with Crippen LogP contribution in [-0.2, 0) is 13.1 Å². The Hall–Kier alpha value is -4.20. The third kappa shape index (κ3) is 5.18. The molecule has 0 spiro atoms. The predicted molar refractivity (Wildman–Crippen MR) is 141 cm³/mol. The van der Waals surface area contributed by atoms with Crippen LogP contribution < -0.4 is 5.32 Å². The number of halogens is 1. The van der Waals surface area contributed by atoms with Gasteiger partial charge >= 0.3 is 0 Å². The van der Waals surface area contributed by atoms with E-state index in [4.69, 9.17) is 5.10 Å². The first kappa shape index (κ1) is 24.5. The van der Waals surface area contributed by atoms with Gasteiger partial charge in [-0.05, 0) is 60.4 Å². The van der Waals surface area contributed by atoms with Crippen LogP contribution in [0.15, 0.2) is 78.3 Å². The predicted octanol–water partition coefficient (Wildman–Crippen LogP) is 5.52. The van der Waals surface area contributed by atoms with E-state index in [0.717, 1.165) is 22.4 Å². The summed E-state index contributed by atoms with van der Waals surface area (Å²) in [5, 5.41) is 7.72. The van der Waals surface area contributed by atoms with Crippen LogP contribution in [0.1, 0.15) is 57.6 Å². The van der Waals surface area contributed by atoms with Crippen molar-refractivity contribution in [1.29, 1.82) is 0 Å². The number of anilines is 1. The first-order chi connectivity index (χ1) is 17.8. The van der Waals surface area contributed by atoms with Crippen molar-refractivity contribution in [3.05, 3.63) is 107 Å². The molecule has 37 heavy (non-hydrogen) atoms. The zero-order valence-corrected chi connectivity index (χ0v) is 21.2. The molecule has 2 aromatic heterocycles. The van der Waals surface area contributed by atoms with Crippen LogP contribution in [-0.4, -0.2) is 38.0 Å².